The lowest BCUT2D eigenvalue weighted by Gasteiger charge is -2.15. The molecule has 0 aliphatic carbocycles. The number of nitrogens with one attached hydrogen (secondary N) is 1. The summed E-state index contributed by atoms with van der Waals surface area (Å²) in [7, 11) is 0. The van der Waals surface area contributed by atoms with E-state index >= 15 is 0 Å². The number of rotatable bonds is 6. The summed E-state index contributed by atoms with van der Waals surface area (Å²) in [4.78, 5) is 12.8. The molecule has 132 valence electrons. The van der Waals surface area contributed by atoms with E-state index in [4.69, 9.17) is 10.4 Å². The highest BCUT2D eigenvalue weighted by molar-refractivity contribution is 5.96. The molecule has 0 radical (unpaired) electrons. The SMILES string of the molecule is CCc1c(-c2ccc(C#N)cc2)nn(C(C)CC)c1C(=O)NC(C)C. The minimum Gasteiger partial charge on any atom is -0.349 e. The third-order valence-corrected chi connectivity index (χ3v) is 4.29. The summed E-state index contributed by atoms with van der Waals surface area (Å²) >= 11 is 0. The van der Waals surface area contributed by atoms with Crippen LogP contribution in [0, 0.1) is 11.3 Å². The van der Waals surface area contributed by atoms with Gasteiger partial charge >= 0.3 is 0 Å². The fourth-order valence-electron chi connectivity index (χ4n) is 2.80. The molecule has 1 unspecified atom stereocenters. The minimum absolute atomic E-state index is 0.0656. The number of hydrogen-bond donors (Lipinski definition) is 1. The first-order valence-corrected chi connectivity index (χ1v) is 8.85. The topological polar surface area (TPSA) is 70.7 Å². The molecule has 1 atom stereocenters. The van der Waals surface area contributed by atoms with Gasteiger partial charge in [0.2, 0.25) is 0 Å². The van der Waals surface area contributed by atoms with Crippen LogP contribution in [0.4, 0.5) is 0 Å². The van der Waals surface area contributed by atoms with E-state index in [2.05, 4.69) is 25.2 Å². The van der Waals surface area contributed by atoms with Crippen LogP contribution in [0.3, 0.4) is 0 Å². The molecule has 0 fully saturated rings. The average molecular weight is 338 g/mol. The molecule has 1 aromatic carbocycles. The summed E-state index contributed by atoms with van der Waals surface area (Å²) < 4.78 is 1.85. The zero-order chi connectivity index (χ0) is 18.6. The highest BCUT2D eigenvalue weighted by atomic mass is 16.2. The molecule has 0 saturated heterocycles. The first-order valence-electron chi connectivity index (χ1n) is 8.85. The number of carbonyl (C=O) groups is 1. The van der Waals surface area contributed by atoms with Gasteiger partial charge in [0.05, 0.1) is 17.3 Å². The van der Waals surface area contributed by atoms with Gasteiger partial charge in [-0.15, -0.1) is 0 Å². The van der Waals surface area contributed by atoms with Crippen molar-refractivity contribution in [1.82, 2.24) is 15.1 Å². The van der Waals surface area contributed by atoms with E-state index in [1.54, 1.807) is 12.1 Å². The number of nitriles is 1. The van der Waals surface area contributed by atoms with E-state index in [-0.39, 0.29) is 18.0 Å². The highest BCUT2D eigenvalue weighted by Gasteiger charge is 2.25. The van der Waals surface area contributed by atoms with E-state index in [9.17, 15) is 4.79 Å². The van der Waals surface area contributed by atoms with Gasteiger partial charge in [-0.3, -0.25) is 9.48 Å². The summed E-state index contributed by atoms with van der Waals surface area (Å²) in [5, 5.41) is 16.8. The van der Waals surface area contributed by atoms with Crippen molar-refractivity contribution in [2.24, 2.45) is 0 Å². The number of aromatic nitrogens is 2. The van der Waals surface area contributed by atoms with Crippen molar-refractivity contribution in [2.45, 2.75) is 59.5 Å². The summed E-state index contributed by atoms with van der Waals surface area (Å²) in [5.41, 5.74) is 3.95. The van der Waals surface area contributed by atoms with Gasteiger partial charge in [-0.05, 0) is 45.7 Å². The Kier molecular flexibility index (Phi) is 5.97. The van der Waals surface area contributed by atoms with E-state index in [1.807, 2.05) is 37.6 Å². The van der Waals surface area contributed by atoms with Gasteiger partial charge in [-0.1, -0.05) is 26.0 Å². The number of carbonyl (C=O) groups excluding carboxylic acids is 1. The standard InChI is InChI=1S/C20H26N4O/c1-6-14(5)24-19(20(25)22-13(3)4)17(7-2)18(23-24)16-10-8-15(12-21)9-11-16/h8-11,13-14H,6-7H2,1-5H3,(H,22,25). The van der Waals surface area contributed by atoms with Gasteiger partial charge in [0.15, 0.2) is 0 Å². The molecule has 25 heavy (non-hydrogen) atoms. The van der Waals surface area contributed by atoms with Crippen LogP contribution in [0.5, 0.6) is 0 Å². The lowest BCUT2D eigenvalue weighted by molar-refractivity contribution is 0.0928. The van der Waals surface area contributed by atoms with Crippen molar-refractivity contribution in [3.05, 3.63) is 41.1 Å². The summed E-state index contributed by atoms with van der Waals surface area (Å²) in [6.07, 6.45) is 1.60. The molecule has 0 aliphatic heterocycles. The Balaban J connectivity index is 2.62. The van der Waals surface area contributed by atoms with Crippen molar-refractivity contribution in [1.29, 1.82) is 5.26 Å². The zero-order valence-corrected chi connectivity index (χ0v) is 15.6. The second-order valence-corrected chi connectivity index (χ2v) is 6.55. The average Bonchev–Trinajstić information content (AvgIpc) is 3.00. The molecule has 5 heteroatoms. The Bertz CT molecular complexity index is 781. The molecule has 5 nitrogen and oxygen atoms in total. The predicted molar refractivity (Wildman–Crippen MR) is 99.4 cm³/mol. The van der Waals surface area contributed by atoms with Gasteiger partial charge < -0.3 is 5.32 Å². The van der Waals surface area contributed by atoms with Crippen molar-refractivity contribution in [2.75, 3.05) is 0 Å². The summed E-state index contributed by atoms with van der Waals surface area (Å²) in [6, 6.07) is 9.68. The zero-order valence-electron chi connectivity index (χ0n) is 15.6. The first-order chi connectivity index (χ1) is 11.9. The van der Waals surface area contributed by atoms with Gasteiger partial charge in [0.25, 0.3) is 5.91 Å². The minimum atomic E-state index is -0.0838. The fourth-order valence-corrected chi connectivity index (χ4v) is 2.80. The van der Waals surface area contributed by atoms with Crippen LogP contribution in [0.15, 0.2) is 24.3 Å². The van der Waals surface area contributed by atoms with E-state index in [0.717, 1.165) is 23.2 Å². The summed E-state index contributed by atoms with van der Waals surface area (Å²) in [5.74, 6) is -0.0838. The van der Waals surface area contributed by atoms with E-state index in [0.29, 0.717) is 17.7 Å². The van der Waals surface area contributed by atoms with Gasteiger partial charge in [0.1, 0.15) is 5.69 Å². The molecular formula is C20H26N4O. The summed E-state index contributed by atoms with van der Waals surface area (Å²) in [6.45, 7) is 10.1. The predicted octanol–water partition coefficient (Wildman–Crippen LogP) is 4.09. The molecule has 0 saturated carbocycles. The number of benzene rings is 1. The maximum Gasteiger partial charge on any atom is 0.270 e. The second-order valence-electron chi connectivity index (χ2n) is 6.55. The molecule has 1 amide bonds. The van der Waals surface area contributed by atoms with Crippen LogP contribution in [-0.4, -0.2) is 21.7 Å². The molecule has 1 aromatic heterocycles. The number of amides is 1. The lowest BCUT2D eigenvalue weighted by Crippen LogP contribution is -2.33. The Morgan fingerprint density at radius 1 is 1.24 bits per heavy atom. The van der Waals surface area contributed by atoms with Gasteiger partial charge in [-0.2, -0.15) is 10.4 Å². The van der Waals surface area contributed by atoms with Crippen LogP contribution < -0.4 is 5.32 Å². The fraction of sp³-hybridized carbons (Fsp3) is 0.450. The maximum atomic E-state index is 12.8. The van der Waals surface area contributed by atoms with Crippen LogP contribution in [0.2, 0.25) is 0 Å². The lowest BCUT2D eigenvalue weighted by atomic mass is 10.0. The Morgan fingerprint density at radius 2 is 1.88 bits per heavy atom. The molecule has 0 spiro atoms. The normalized spacial score (nSPS) is 12.0. The Morgan fingerprint density at radius 3 is 2.36 bits per heavy atom. The highest BCUT2D eigenvalue weighted by Crippen LogP contribution is 2.29. The molecule has 0 bridgehead atoms. The largest absolute Gasteiger partial charge is 0.349 e. The van der Waals surface area contributed by atoms with Crippen molar-refractivity contribution in [3.8, 4) is 17.3 Å². The second kappa shape index (κ2) is 7.98. The third kappa shape index (κ3) is 3.90. The van der Waals surface area contributed by atoms with Crippen molar-refractivity contribution >= 4 is 5.91 Å². The van der Waals surface area contributed by atoms with Crippen molar-refractivity contribution in [3.63, 3.8) is 0 Å². The van der Waals surface area contributed by atoms with Gasteiger partial charge in [-0.25, -0.2) is 0 Å². The van der Waals surface area contributed by atoms with Crippen LogP contribution in [0.25, 0.3) is 11.3 Å². The van der Waals surface area contributed by atoms with E-state index in [1.165, 1.54) is 0 Å². The van der Waals surface area contributed by atoms with Crippen LogP contribution >= 0.6 is 0 Å². The Hall–Kier alpha value is -2.61. The van der Waals surface area contributed by atoms with E-state index < -0.39 is 0 Å². The molecule has 0 aliphatic rings. The van der Waals surface area contributed by atoms with Crippen LogP contribution in [0.1, 0.15) is 68.7 Å². The molecule has 1 N–H and O–H groups in total. The number of hydrogen-bond acceptors (Lipinski definition) is 3. The molecule has 1 heterocycles. The Labute approximate surface area is 149 Å². The molecule has 2 aromatic rings. The molecule has 2 rings (SSSR count). The molecular weight excluding hydrogens is 312 g/mol. The van der Waals surface area contributed by atoms with Gasteiger partial charge in [0, 0.05) is 23.2 Å². The maximum absolute atomic E-state index is 12.8. The number of nitrogens with zero attached hydrogens (tertiary/aromatic N) is 3. The first kappa shape index (κ1) is 18.7. The van der Waals surface area contributed by atoms with Crippen LogP contribution in [-0.2, 0) is 6.42 Å². The monoisotopic (exact) mass is 338 g/mol. The van der Waals surface area contributed by atoms with Crippen molar-refractivity contribution < 1.29 is 4.79 Å². The smallest absolute Gasteiger partial charge is 0.270 e. The quantitative estimate of drug-likeness (QED) is 0.862. The third-order valence-electron chi connectivity index (χ3n) is 4.29.